The first-order valence-corrected chi connectivity index (χ1v) is 8.47. The molecule has 1 aliphatic heterocycles. The topological polar surface area (TPSA) is 80.3 Å². The summed E-state index contributed by atoms with van der Waals surface area (Å²) in [7, 11) is 1.55. The van der Waals surface area contributed by atoms with Crippen LogP contribution in [0, 0.1) is 0 Å². The first-order chi connectivity index (χ1) is 13.1. The van der Waals surface area contributed by atoms with Gasteiger partial charge >= 0.3 is 5.97 Å². The molecule has 0 saturated heterocycles. The van der Waals surface area contributed by atoms with E-state index in [4.69, 9.17) is 23.7 Å². The van der Waals surface area contributed by atoms with Gasteiger partial charge in [-0.25, -0.2) is 4.79 Å². The number of benzene rings is 2. The van der Waals surface area contributed by atoms with Crippen LogP contribution in [0.25, 0.3) is 0 Å². The molecular weight excluding hydrogens is 352 g/mol. The molecule has 0 fully saturated rings. The predicted octanol–water partition coefficient (Wildman–Crippen LogP) is 3.00. The second-order valence-electron chi connectivity index (χ2n) is 5.73. The van der Waals surface area contributed by atoms with Crippen molar-refractivity contribution >= 4 is 11.8 Å². The van der Waals surface area contributed by atoms with Crippen molar-refractivity contribution < 1.29 is 33.3 Å². The Hall–Kier alpha value is -3.06. The molecule has 0 saturated carbocycles. The molecule has 27 heavy (non-hydrogen) atoms. The third kappa shape index (κ3) is 4.38. The first-order valence-electron chi connectivity index (χ1n) is 8.47. The van der Waals surface area contributed by atoms with E-state index in [1.54, 1.807) is 43.5 Å². The molecule has 1 heterocycles. The molecule has 0 amide bonds. The largest absolute Gasteiger partial charge is 0.496 e. The fraction of sp³-hybridized carbons (Fsp3) is 0.300. The predicted molar refractivity (Wildman–Crippen MR) is 95.5 cm³/mol. The van der Waals surface area contributed by atoms with Crippen LogP contribution in [0.5, 0.6) is 17.2 Å². The highest BCUT2D eigenvalue weighted by Gasteiger charge is 2.18. The second-order valence-corrected chi connectivity index (χ2v) is 5.73. The molecule has 3 rings (SSSR count). The molecule has 0 N–H and O–H groups in total. The number of ketones is 1. The van der Waals surface area contributed by atoms with Crippen LogP contribution in [0.1, 0.15) is 33.2 Å². The summed E-state index contributed by atoms with van der Waals surface area (Å²) in [6.45, 7) is 2.50. The lowest BCUT2D eigenvalue weighted by Crippen LogP contribution is -2.14. The van der Waals surface area contributed by atoms with E-state index in [1.807, 2.05) is 6.92 Å². The van der Waals surface area contributed by atoms with Crippen molar-refractivity contribution in [1.29, 1.82) is 0 Å². The number of rotatable bonds is 8. The van der Waals surface area contributed by atoms with Crippen molar-refractivity contribution in [2.45, 2.75) is 13.5 Å². The average Bonchev–Trinajstić information content (AvgIpc) is 3.17. The standard InChI is InChI=1S/C20H20O7/c1-3-24-10-15-8-14(5-6-17(15)23-2)20(22)25-11-16(21)13-4-7-18-19(9-13)27-12-26-18/h4-9H,3,10-12H2,1-2H3. The van der Waals surface area contributed by atoms with Gasteiger partial charge in [0.2, 0.25) is 6.79 Å². The Morgan fingerprint density at radius 3 is 2.59 bits per heavy atom. The molecule has 0 bridgehead atoms. The van der Waals surface area contributed by atoms with Gasteiger partial charge in [-0.3, -0.25) is 4.79 Å². The van der Waals surface area contributed by atoms with Gasteiger partial charge in [-0.1, -0.05) is 0 Å². The lowest BCUT2D eigenvalue weighted by Gasteiger charge is -2.11. The SMILES string of the molecule is CCOCc1cc(C(=O)OCC(=O)c2ccc3c(c2)OCO3)ccc1OC. The first kappa shape index (κ1) is 18.7. The Balaban J connectivity index is 1.64. The summed E-state index contributed by atoms with van der Waals surface area (Å²) in [5.74, 6) is 0.789. The quantitative estimate of drug-likeness (QED) is 0.520. The maximum absolute atomic E-state index is 12.3. The van der Waals surface area contributed by atoms with Crippen molar-refractivity contribution in [2.24, 2.45) is 0 Å². The van der Waals surface area contributed by atoms with Crippen molar-refractivity contribution in [2.75, 3.05) is 27.1 Å². The summed E-state index contributed by atoms with van der Waals surface area (Å²) in [5.41, 5.74) is 1.44. The number of hydrogen-bond acceptors (Lipinski definition) is 7. The molecular formula is C20H20O7. The van der Waals surface area contributed by atoms with E-state index in [1.165, 1.54) is 0 Å². The van der Waals surface area contributed by atoms with Gasteiger partial charge in [-0.05, 0) is 43.3 Å². The highest BCUT2D eigenvalue weighted by atomic mass is 16.7. The Morgan fingerprint density at radius 1 is 1.04 bits per heavy atom. The highest BCUT2D eigenvalue weighted by molar-refractivity contribution is 5.99. The van der Waals surface area contributed by atoms with Gasteiger partial charge in [0, 0.05) is 17.7 Å². The minimum absolute atomic E-state index is 0.128. The van der Waals surface area contributed by atoms with Crippen LogP contribution in [0.4, 0.5) is 0 Å². The molecule has 2 aromatic rings. The van der Waals surface area contributed by atoms with E-state index in [9.17, 15) is 9.59 Å². The molecule has 1 aliphatic rings. The number of carbonyl (C=O) groups excluding carboxylic acids is 2. The molecule has 2 aromatic carbocycles. The van der Waals surface area contributed by atoms with Gasteiger partial charge in [0.05, 0.1) is 19.3 Å². The van der Waals surface area contributed by atoms with Crippen molar-refractivity contribution in [3.8, 4) is 17.2 Å². The monoisotopic (exact) mass is 372 g/mol. The third-order valence-corrected chi connectivity index (χ3v) is 4.01. The molecule has 7 heteroatoms. The average molecular weight is 372 g/mol. The van der Waals surface area contributed by atoms with E-state index in [0.29, 0.717) is 41.6 Å². The van der Waals surface area contributed by atoms with Crippen molar-refractivity contribution in [3.63, 3.8) is 0 Å². The smallest absolute Gasteiger partial charge is 0.338 e. The lowest BCUT2D eigenvalue weighted by molar-refractivity contribution is 0.0474. The Kier molecular flexibility index (Phi) is 5.93. The van der Waals surface area contributed by atoms with Gasteiger partial charge in [-0.15, -0.1) is 0 Å². The summed E-state index contributed by atoms with van der Waals surface area (Å²) in [4.78, 5) is 24.6. The van der Waals surface area contributed by atoms with Crippen molar-refractivity contribution in [1.82, 2.24) is 0 Å². The summed E-state index contributed by atoms with van der Waals surface area (Å²) in [6, 6.07) is 9.73. The van der Waals surface area contributed by atoms with E-state index >= 15 is 0 Å². The second kappa shape index (κ2) is 8.55. The molecule has 0 aromatic heterocycles. The van der Waals surface area contributed by atoms with Gasteiger partial charge in [0.25, 0.3) is 0 Å². The zero-order valence-electron chi connectivity index (χ0n) is 15.2. The Bertz CT molecular complexity index is 844. The maximum atomic E-state index is 12.3. The van der Waals surface area contributed by atoms with Crippen LogP contribution in [-0.4, -0.2) is 38.9 Å². The number of Topliss-reactive ketones (excluding diaryl/α,β-unsaturated/α-hetero) is 1. The zero-order valence-corrected chi connectivity index (χ0v) is 15.2. The fourth-order valence-corrected chi connectivity index (χ4v) is 2.60. The highest BCUT2D eigenvalue weighted by Crippen LogP contribution is 2.32. The summed E-state index contributed by atoms with van der Waals surface area (Å²) < 4.78 is 26.3. The fourth-order valence-electron chi connectivity index (χ4n) is 2.60. The van der Waals surface area contributed by atoms with E-state index in [-0.39, 0.29) is 19.2 Å². The van der Waals surface area contributed by atoms with Crippen LogP contribution < -0.4 is 14.2 Å². The minimum atomic E-state index is -0.593. The van der Waals surface area contributed by atoms with Crippen molar-refractivity contribution in [3.05, 3.63) is 53.1 Å². The minimum Gasteiger partial charge on any atom is -0.496 e. The molecule has 0 spiro atoms. The lowest BCUT2D eigenvalue weighted by atomic mass is 10.1. The molecule has 0 aliphatic carbocycles. The van der Waals surface area contributed by atoms with Crippen LogP contribution >= 0.6 is 0 Å². The number of methoxy groups -OCH3 is 1. The molecule has 142 valence electrons. The number of ether oxygens (including phenoxy) is 5. The number of hydrogen-bond donors (Lipinski definition) is 0. The molecule has 0 atom stereocenters. The normalized spacial score (nSPS) is 11.9. The van der Waals surface area contributed by atoms with Crippen LogP contribution in [0.2, 0.25) is 0 Å². The van der Waals surface area contributed by atoms with Crippen LogP contribution in [0.3, 0.4) is 0 Å². The molecule has 0 unspecified atom stereocenters. The van der Waals surface area contributed by atoms with E-state index in [0.717, 1.165) is 5.56 Å². The van der Waals surface area contributed by atoms with Crippen LogP contribution in [-0.2, 0) is 16.1 Å². The number of esters is 1. The Morgan fingerprint density at radius 2 is 1.81 bits per heavy atom. The summed E-state index contributed by atoms with van der Waals surface area (Å²) in [6.07, 6.45) is 0. The number of carbonyl (C=O) groups is 2. The van der Waals surface area contributed by atoms with E-state index < -0.39 is 5.97 Å². The van der Waals surface area contributed by atoms with Gasteiger partial charge in [0.15, 0.2) is 23.9 Å². The Labute approximate surface area is 156 Å². The summed E-state index contributed by atoms with van der Waals surface area (Å²) >= 11 is 0. The van der Waals surface area contributed by atoms with Gasteiger partial charge < -0.3 is 23.7 Å². The molecule has 0 radical (unpaired) electrons. The van der Waals surface area contributed by atoms with Gasteiger partial charge in [0.1, 0.15) is 5.75 Å². The van der Waals surface area contributed by atoms with E-state index in [2.05, 4.69) is 0 Å². The maximum Gasteiger partial charge on any atom is 0.338 e. The third-order valence-electron chi connectivity index (χ3n) is 4.01. The summed E-state index contributed by atoms with van der Waals surface area (Å²) in [5, 5.41) is 0. The zero-order chi connectivity index (χ0) is 19.2. The number of fused-ring (bicyclic) bond motifs is 1. The van der Waals surface area contributed by atoms with Crippen LogP contribution in [0.15, 0.2) is 36.4 Å². The molecule has 7 nitrogen and oxygen atoms in total. The van der Waals surface area contributed by atoms with Gasteiger partial charge in [-0.2, -0.15) is 0 Å².